The molecule has 1 rings (SSSR count). The molecule has 0 spiro atoms. The first kappa shape index (κ1) is 8.77. The number of nitrogens with one attached hydrogen (secondary N) is 1. The van der Waals surface area contributed by atoms with E-state index in [2.05, 4.69) is 17.9 Å². The van der Waals surface area contributed by atoms with E-state index >= 15 is 0 Å². The van der Waals surface area contributed by atoms with Crippen molar-refractivity contribution in [3.05, 3.63) is 0 Å². The Balaban J connectivity index is 2.29. The van der Waals surface area contributed by atoms with E-state index in [-0.39, 0.29) is 6.42 Å². The van der Waals surface area contributed by atoms with Crippen LogP contribution in [0.4, 0.5) is 8.78 Å². The maximum atomic E-state index is 12.2. The minimum atomic E-state index is -2.68. The molecular formula is C6H9F2NOS. The van der Waals surface area contributed by atoms with Crippen LogP contribution in [0.25, 0.3) is 0 Å². The summed E-state index contributed by atoms with van der Waals surface area (Å²) in [6, 6.07) is -0.954. The fourth-order valence-electron chi connectivity index (χ4n) is 0.662. The number of carbonyl (C=O) groups is 1. The standard InChI is InChI=1S/C6H9F2NOS/c1-3(11)5(10)9-4-2-6(4,7)8/h3-4,11H,2H2,1H3,(H,9,10)/t3?,4-/m1/s1. The molecule has 2 nitrogen and oxygen atoms in total. The molecule has 11 heavy (non-hydrogen) atoms. The van der Waals surface area contributed by atoms with Gasteiger partial charge in [0, 0.05) is 6.42 Å². The van der Waals surface area contributed by atoms with Crippen molar-refractivity contribution in [2.45, 2.75) is 30.6 Å². The first-order chi connectivity index (χ1) is 4.93. The molecule has 0 aromatic rings. The third kappa shape index (κ3) is 2.05. The topological polar surface area (TPSA) is 29.1 Å². The maximum absolute atomic E-state index is 12.2. The van der Waals surface area contributed by atoms with Crippen LogP contribution in [0.3, 0.4) is 0 Å². The molecular weight excluding hydrogens is 172 g/mol. The summed E-state index contributed by atoms with van der Waals surface area (Å²) in [6.07, 6.45) is -0.237. The molecule has 0 aliphatic heterocycles. The van der Waals surface area contributed by atoms with Crippen LogP contribution in [-0.4, -0.2) is 23.1 Å². The molecule has 0 heterocycles. The molecule has 5 heteroatoms. The van der Waals surface area contributed by atoms with E-state index in [1.54, 1.807) is 6.92 Å². The minimum Gasteiger partial charge on any atom is -0.346 e. The third-order valence-electron chi connectivity index (χ3n) is 1.52. The summed E-state index contributed by atoms with van der Waals surface area (Å²) >= 11 is 3.80. The molecule has 2 atom stereocenters. The lowest BCUT2D eigenvalue weighted by atomic mass is 10.4. The van der Waals surface area contributed by atoms with Gasteiger partial charge in [-0.15, -0.1) is 0 Å². The number of thiol groups is 1. The second-order valence-corrected chi connectivity index (χ2v) is 3.48. The lowest BCUT2D eigenvalue weighted by Gasteiger charge is -2.04. The van der Waals surface area contributed by atoms with Crippen molar-refractivity contribution in [2.75, 3.05) is 0 Å². The first-order valence-electron chi connectivity index (χ1n) is 3.30. The van der Waals surface area contributed by atoms with Gasteiger partial charge >= 0.3 is 0 Å². The number of hydrogen-bond donors (Lipinski definition) is 2. The predicted octanol–water partition coefficient (Wildman–Crippen LogP) is 0.828. The fourth-order valence-corrected chi connectivity index (χ4v) is 0.737. The summed E-state index contributed by atoms with van der Waals surface area (Å²) in [5.74, 6) is -3.12. The van der Waals surface area contributed by atoms with Crippen LogP contribution < -0.4 is 5.32 Å². The Kier molecular flexibility index (Phi) is 2.09. The van der Waals surface area contributed by atoms with E-state index in [0.717, 1.165) is 0 Å². The van der Waals surface area contributed by atoms with Gasteiger partial charge in [-0.25, -0.2) is 8.78 Å². The van der Waals surface area contributed by atoms with Gasteiger partial charge in [0.25, 0.3) is 5.92 Å². The van der Waals surface area contributed by atoms with Crippen LogP contribution in [0.5, 0.6) is 0 Å². The average Bonchev–Trinajstić information content (AvgIpc) is 2.39. The van der Waals surface area contributed by atoms with Gasteiger partial charge in [0.15, 0.2) is 0 Å². The number of rotatable bonds is 2. The molecule has 1 N–H and O–H groups in total. The number of carbonyl (C=O) groups excluding carboxylic acids is 1. The zero-order valence-corrected chi connectivity index (χ0v) is 6.87. The van der Waals surface area contributed by atoms with Crippen LogP contribution in [0.15, 0.2) is 0 Å². The lowest BCUT2D eigenvalue weighted by molar-refractivity contribution is -0.120. The molecule has 0 bridgehead atoms. The summed E-state index contributed by atoms with van der Waals surface area (Å²) in [5, 5.41) is 1.66. The van der Waals surface area contributed by atoms with Crippen LogP contribution >= 0.6 is 12.6 Å². The van der Waals surface area contributed by atoms with Crippen molar-refractivity contribution in [3.63, 3.8) is 0 Å². The number of alkyl halides is 2. The highest BCUT2D eigenvalue weighted by Gasteiger charge is 2.57. The molecule has 1 amide bonds. The van der Waals surface area contributed by atoms with Gasteiger partial charge in [-0.1, -0.05) is 0 Å². The van der Waals surface area contributed by atoms with Gasteiger partial charge < -0.3 is 5.32 Å². The Morgan fingerprint density at radius 2 is 2.27 bits per heavy atom. The number of amides is 1. The van der Waals surface area contributed by atoms with Gasteiger partial charge in [0.1, 0.15) is 0 Å². The van der Waals surface area contributed by atoms with Crippen LogP contribution in [0.2, 0.25) is 0 Å². The van der Waals surface area contributed by atoms with Crippen LogP contribution in [-0.2, 0) is 4.79 Å². The summed E-state index contributed by atoms with van der Waals surface area (Å²) < 4.78 is 24.4. The quantitative estimate of drug-likeness (QED) is 0.607. The van der Waals surface area contributed by atoms with Crippen molar-refractivity contribution >= 4 is 18.5 Å². The first-order valence-corrected chi connectivity index (χ1v) is 3.81. The molecule has 64 valence electrons. The van der Waals surface area contributed by atoms with Crippen LogP contribution in [0.1, 0.15) is 13.3 Å². The predicted molar refractivity (Wildman–Crippen MR) is 39.9 cm³/mol. The molecule has 0 saturated heterocycles. The second kappa shape index (κ2) is 2.62. The second-order valence-electron chi connectivity index (χ2n) is 2.70. The van der Waals surface area contributed by atoms with Gasteiger partial charge in [-0.3, -0.25) is 4.79 Å². The Morgan fingerprint density at radius 1 is 1.82 bits per heavy atom. The van der Waals surface area contributed by atoms with Crippen molar-refractivity contribution in [1.82, 2.24) is 5.32 Å². The largest absolute Gasteiger partial charge is 0.346 e. The van der Waals surface area contributed by atoms with Gasteiger partial charge in [-0.05, 0) is 6.92 Å². The molecule has 0 aromatic heterocycles. The van der Waals surface area contributed by atoms with Crippen molar-refractivity contribution in [2.24, 2.45) is 0 Å². The zero-order valence-electron chi connectivity index (χ0n) is 5.97. The van der Waals surface area contributed by atoms with Crippen molar-refractivity contribution in [1.29, 1.82) is 0 Å². The van der Waals surface area contributed by atoms with Crippen molar-refractivity contribution < 1.29 is 13.6 Å². The van der Waals surface area contributed by atoms with Gasteiger partial charge in [0.2, 0.25) is 5.91 Å². The summed E-state index contributed by atoms with van der Waals surface area (Å²) in [5.41, 5.74) is 0. The highest BCUT2D eigenvalue weighted by Crippen LogP contribution is 2.41. The van der Waals surface area contributed by atoms with Crippen LogP contribution in [0, 0.1) is 0 Å². The van der Waals surface area contributed by atoms with E-state index < -0.39 is 23.1 Å². The number of halogens is 2. The molecule has 1 fully saturated rings. The van der Waals surface area contributed by atoms with E-state index in [1.165, 1.54) is 0 Å². The van der Waals surface area contributed by atoms with E-state index in [4.69, 9.17) is 0 Å². The summed E-state index contributed by atoms with van der Waals surface area (Å²) in [6.45, 7) is 1.54. The smallest absolute Gasteiger partial charge is 0.270 e. The average molecular weight is 181 g/mol. The fraction of sp³-hybridized carbons (Fsp3) is 0.833. The van der Waals surface area contributed by atoms with E-state index in [9.17, 15) is 13.6 Å². The SMILES string of the molecule is CC(S)C(=O)N[C@@H]1CC1(F)F. The molecule has 0 radical (unpaired) electrons. The summed E-state index contributed by atoms with van der Waals surface area (Å²) in [7, 11) is 0. The molecule has 1 aliphatic carbocycles. The minimum absolute atomic E-state index is 0.237. The van der Waals surface area contributed by atoms with Gasteiger partial charge in [-0.2, -0.15) is 12.6 Å². The Hall–Kier alpha value is -0.320. The van der Waals surface area contributed by atoms with Crippen molar-refractivity contribution in [3.8, 4) is 0 Å². The Bertz CT molecular complexity index is 183. The molecule has 0 aromatic carbocycles. The maximum Gasteiger partial charge on any atom is 0.270 e. The highest BCUT2D eigenvalue weighted by atomic mass is 32.1. The summed E-state index contributed by atoms with van der Waals surface area (Å²) in [4.78, 5) is 10.8. The lowest BCUT2D eigenvalue weighted by Crippen LogP contribution is -2.34. The van der Waals surface area contributed by atoms with E-state index in [1.807, 2.05) is 0 Å². The zero-order chi connectivity index (χ0) is 8.65. The molecule has 1 aliphatic rings. The van der Waals surface area contributed by atoms with E-state index in [0.29, 0.717) is 0 Å². The number of hydrogen-bond acceptors (Lipinski definition) is 2. The molecule has 1 saturated carbocycles. The highest BCUT2D eigenvalue weighted by molar-refractivity contribution is 7.81. The molecule has 1 unspecified atom stereocenters. The monoisotopic (exact) mass is 181 g/mol. The Morgan fingerprint density at radius 3 is 2.55 bits per heavy atom. The van der Waals surface area contributed by atoms with Gasteiger partial charge in [0.05, 0.1) is 11.3 Å². The third-order valence-corrected chi connectivity index (χ3v) is 1.76. The normalized spacial score (nSPS) is 29.3. The Labute approximate surface area is 68.8 Å².